The van der Waals surface area contributed by atoms with Crippen LogP contribution >= 0.6 is 0 Å². The number of carbonyl (C=O) groups excluding carboxylic acids is 1. The number of nitrogens with zero attached hydrogens (tertiary/aromatic N) is 2. The molecule has 140 valence electrons. The van der Waals surface area contributed by atoms with Crippen LogP contribution in [0.25, 0.3) is 0 Å². The third-order valence-electron chi connectivity index (χ3n) is 6.72. The van der Waals surface area contributed by atoms with E-state index in [9.17, 15) is 4.79 Å². The van der Waals surface area contributed by atoms with Crippen LogP contribution in [0, 0.1) is 11.8 Å². The highest BCUT2D eigenvalue weighted by Gasteiger charge is 2.54. The molecule has 4 saturated heterocycles. The lowest BCUT2D eigenvalue weighted by molar-refractivity contribution is -0.136. The van der Waals surface area contributed by atoms with Crippen molar-refractivity contribution in [2.45, 2.75) is 51.1 Å². The van der Waals surface area contributed by atoms with Gasteiger partial charge >= 0.3 is 0 Å². The van der Waals surface area contributed by atoms with Crippen LogP contribution in [0.15, 0.2) is 18.2 Å². The predicted molar refractivity (Wildman–Crippen MR) is 98.3 cm³/mol. The van der Waals surface area contributed by atoms with Crippen molar-refractivity contribution in [2.75, 3.05) is 26.4 Å². The van der Waals surface area contributed by atoms with Crippen LogP contribution in [-0.2, 0) is 4.79 Å². The van der Waals surface area contributed by atoms with Crippen LogP contribution in [-0.4, -0.2) is 54.2 Å². The Balaban J connectivity index is 1.49. The van der Waals surface area contributed by atoms with Gasteiger partial charge in [-0.15, -0.1) is 0 Å². The molecule has 0 saturated carbocycles. The molecule has 0 aromatic heterocycles. The topological polar surface area (TPSA) is 42.0 Å². The minimum absolute atomic E-state index is 0.308. The van der Waals surface area contributed by atoms with E-state index < -0.39 is 0 Å². The second kappa shape index (κ2) is 6.15. The minimum atomic E-state index is 0.308. The molecule has 5 heterocycles. The molecule has 26 heavy (non-hydrogen) atoms. The Bertz CT molecular complexity index is 711. The smallest absolute Gasteiger partial charge is 0.231 e. The third kappa shape index (κ3) is 2.51. The number of ether oxygens (including phenoxy) is 2. The van der Waals surface area contributed by atoms with E-state index in [0.717, 1.165) is 18.0 Å². The molecule has 0 spiro atoms. The molecular formula is C21H28N2O3. The average molecular weight is 356 g/mol. The summed E-state index contributed by atoms with van der Waals surface area (Å²) in [6, 6.07) is 7.19. The first kappa shape index (κ1) is 16.4. The van der Waals surface area contributed by atoms with Gasteiger partial charge in [0, 0.05) is 24.9 Å². The maximum atomic E-state index is 13.0. The molecule has 6 rings (SSSR count). The predicted octanol–water partition coefficient (Wildman–Crippen LogP) is 2.85. The van der Waals surface area contributed by atoms with Gasteiger partial charge in [0.2, 0.25) is 12.7 Å². The number of hydrogen-bond donors (Lipinski definition) is 0. The number of piperidine rings is 3. The molecule has 4 fully saturated rings. The van der Waals surface area contributed by atoms with Gasteiger partial charge in [-0.2, -0.15) is 0 Å². The zero-order valence-electron chi connectivity index (χ0n) is 15.7. The highest BCUT2D eigenvalue weighted by atomic mass is 16.7. The van der Waals surface area contributed by atoms with Crippen LogP contribution in [0.4, 0.5) is 0 Å². The van der Waals surface area contributed by atoms with Gasteiger partial charge in [-0.05, 0) is 55.5 Å². The second-order valence-electron chi connectivity index (χ2n) is 8.72. The summed E-state index contributed by atoms with van der Waals surface area (Å²) in [6.07, 6.45) is 3.13. The first-order valence-electron chi connectivity index (χ1n) is 10.0. The van der Waals surface area contributed by atoms with Gasteiger partial charge in [0.25, 0.3) is 0 Å². The summed E-state index contributed by atoms with van der Waals surface area (Å²) in [5, 5.41) is 0. The van der Waals surface area contributed by atoms with E-state index in [2.05, 4.69) is 35.8 Å². The van der Waals surface area contributed by atoms with E-state index in [4.69, 9.17) is 9.47 Å². The Hall–Kier alpha value is -1.75. The van der Waals surface area contributed by atoms with Crippen molar-refractivity contribution in [3.63, 3.8) is 0 Å². The second-order valence-corrected chi connectivity index (χ2v) is 8.72. The molecule has 5 aliphatic heterocycles. The Morgan fingerprint density at radius 2 is 1.92 bits per heavy atom. The molecule has 3 atom stereocenters. The van der Waals surface area contributed by atoms with Gasteiger partial charge < -0.3 is 14.4 Å². The lowest BCUT2D eigenvalue weighted by atomic mass is 9.75. The molecule has 1 aromatic carbocycles. The monoisotopic (exact) mass is 356 g/mol. The summed E-state index contributed by atoms with van der Waals surface area (Å²) >= 11 is 0. The summed E-state index contributed by atoms with van der Waals surface area (Å²) in [5.74, 6) is 3.47. The van der Waals surface area contributed by atoms with E-state index in [-0.39, 0.29) is 0 Å². The standard InChI is InChI=1S/C21H28N2O3/c1-13(2)9-19(24)23-11-16(15-3-4-17-18(10-15)26-12-25-17)21-20(23)14-5-7-22(21)8-6-14/h3-4,10,13-14,16,20-21H,5-9,11-12H2,1-2H3/t16-,20+,21+/m1/s1. The number of benzene rings is 1. The number of amides is 1. The van der Waals surface area contributed by atoms with Crippen molar-refractivity contribution in [1.82, 2.24) is 9.80 Å². The summed E-state index contributed by atoms with van der Waals surface area (Å²) in [5.41, 5.74) is 1.29. The van der Waals surface area contributed by atoms with E-state index in [0.29, 0.717) is 49.0 Å². The molecule has 0 N–H and O–H groups in total. The number of rotatable bonds is 3. The van der Waals surface area contributed by atoms with Crippen LogP contribution in [0.2, 0.25) is 0 Å². The summed E-state index contributed by atoms with van der Waals surface area (Å²) < 4.78 is 11.1. The molecule has 2 bridgehead atoms. The van der Waals surface area contributed by atoms with Gasteiger partial charge in [0.15, 0.2) is 11.5 Å². The quantitative estimate of drug-likeness (QED) is 0.835. The minimum Gasteiger partial charge on any atom is -0.454 e. The fourth-order valence-corrected chi connectivity index (χ4v) is 5.61. The van der Waals surface area contributed by atoms with E-state index in [1.54, 1.807) is 0 Å². The number of likely N-dealkylation sites (tertiary alicyclic amines) is 1. The first-order chi connectivity index (χ1) is 12.6. The maximum Gasteiger partial charge on any atom is 0.231 e. The van der Waals surface area contributed by atoms with Crippen molar-refractivity contribution in [3.05, 3.63) is 23.8 Å². The van der Waals surface area contributed by atoms with Crippen LogP contribution < -0.4 is 9.47 Å². The Labute approximate surface area is 155 Å². The molecule has 0 radical (unpaired) electrons. The van der Waals surface area contributed by atoms with Gasteiger partial charge in [-0.1, -0.05) is 19.9 Å². The zero-order chi connectivity index (χ0) is 17.8. The molecule has 5 aliphatic rings. The van der Waals surface area contributed by atoms with Crippen molar-refractivity contribution in [1.29, 1.82) is 0 Å². The molecular weight excluding hydrogens is 328 g/mol. The van der Waals surface area contributed by atoms with E-state index in [1.165, 1.54) is 31.5 Å². The first-order valence-corrected chi connectivity index (χ1v) is 10.0. The highest BCUT2D eigenvalue weighted by molar-refractivity contribution is 5.77. The summed E-state index contributed by atoms with van der Waals surface area (Å²) in [6.45, 7) is 7.78. The zero-order valence-corrected chi connectivity index (χ0v) is 15.7. The van der Waals surface area contributed by atoms with Crippen molar-refractivity contribution < 1.29 is 14.3 Å². The lowest BCUT2D eigenvalue weighted by Gasteiger charge is -2.51. The van der Waals surface area contributed by atoms with Crippen LogP contribution in [0.3, 0.4) is 0 Å². The van der Waals surface area contributed by atoms with Crippen molar-refractivity contribution >= 4 is 5.91 Å². The molecule has 1 aromatic rings. The van der Waals surface area contributed by atoms with Gasteiger partial charge in [0.05, 0.1) is 6.04 Å². The van der Waals surface area contributed by atoms with E-state index >= 15 is 0 Å². The lowest BCUT2D eigenvalue weighted by Crippen LogP contribution is -2.60. The number of fused-ring (bicyclic) bond motifs is 3. The Kier molecular flexibility index (Phi) is 3.89. The molecule has 1 amide bonds. The number of hydrogen-bond acceptors (Lipinski definition) is 4. The van der Waals surface area contributed by atoms with Crippen LogP contribution in [0.1, 0.15) is 44.6 Å². The molecule has 5 heteroatoms. The summed E-state index contributed by atoms with van der Waals surface area (Å²) in [4.78, 5) is 17.9. The maximum absolute atomic E-state index is 13.0. The summed E-state index contributed by atoms with van der Waals surface area (Å²) in [7, 11) is 0. The van der Waals surface area contributed by atoms with E-state index in [1.807, 2.05) is 6.07 Å². The average Bonchev–Trinajstić information content (AvgIpc) is 3.27. The normalized spacial score (nSPS) is 34.4. The van der Waals surface area contributed by atoms with Crippen molar-refractivity contribution in [3.8, 4) is 11.5 Å². The highest BCUT2D eigenvalue weighted by Crippen LogP contribution is 2.48. The fourth-order valence-electron chi connectivity index (χ4n) is 5.61. The molecule has 0 aliphatic carbocycles. The number of carbonyl (C=O) groups is 1. The SMILES string of the molecule is CC(C)CC(=O)N1C[C@H](c2ccc3c(c2)OCO3)[C@H]2[C@@H]1C1CCN2CC1. The fraction of sp³-hybridized carbons (Fsp3) is 0.667. The Morgan fingerprint density at radius 1 is 1.15 bits per heavy atom. The van der Waals surface area contributed by atoms with Gasteiger partial charge in [0.1, 0.15) is 0 Å². The largest absolute Gasteiger partial charge is 0.454 e. The molecule has 0 unspecified atom stereocenters. The van der Waals surface area contributed by atoms with Crippen molar-refractivity contribution in [2.24, 2.45) is 11.8 Å². The van der Waals surface area contributed by atoms with Gasteiger partial charge in [-0.25, -0.2) is 0 Å². The molecule has 5 nitrogen and oxygen atoms in total. The van der Waals surface area contributed by atoms with Gasteiger partial charge in [-0.3, -0.25) is 9.69 Å². The Morgan fingerprint density at radius 3 is 2.69 bits per heavy atom. The third-order valence-corrected chi connectivity index (χ3v) is 6.72. The van der Waals surface area contributed by atoms with Crippen LogP contribution in [0.5, 0.6) is 11.5 Å².